The van der Waals surface area contributed by atoms with Crippen LogP contribution in [0.15, 0.2) is 6.33 Å². The second kappa shape index (κ2) is 5.86. The topological polar surface area (TPSA) is 76.3 Å². The molecule has 3 N–H and O–H groups in total. The zero-order valence-corrected chi connectivity index (χ0v) is 11.0. The molecule has 0 radical (unpaired) electrons. The van der Waals surface area contributed by atoms with Gasteiger partial charge in [0.2, 0.25) is 5.88 Å². The summed E-state index contributed by atoms with van der Waals surface area (Å²) >= 11 is 0. The first-order valence-electron chi connectivity index (χ1n) is 6.38. The molecule has 0 unspecified atom stereocenters. The van der Waals surface area contributed by atoms with Gasteiger partial charge in [-0.25, -0.2) is 9.99 Å². The van der Waals surface area contributed by atoms with E-state index in [1.54, 1.807) is 5.01 Å². The maximum Gasteiger partial charge on any atom is 0.242 e. The van der Waals surface area contributed by atoms with E-state index in [1.165, 1.54) is 25.6 Å². The fourth-order valence-electron chi connectivity index (χ4n) is 2.12. The van der Waals surface area contributed by atoms with Crippen LogP contribution in [-0.4, -0.2) is 35.2 Å². The van der Waals surface area contributed by atoms with Crippen molar-refractivity contribution in [1.82, 2.24) is 15.0 Å². The van der Waals surface area contributed by atoms with Crippen LogP contribution in [0.5, 0.6) is 5.88 Å². The number of nitrogens with zero attached hydrogens (tertiary/aromatic N) is 3. The van der Waals surface area contributed by atoms with Gasteiger partial charge in [0.05, 0.1) is 0 Å². The minimum atomic E-state index is 0.239. The molecular weight excluding hydrogens is 230 g/mol. The van der Waals surface area contributed by atoms with Gasteiger partial charge in [0.25, 0.3) is 0 Å². The molecule has 1 aliphatic carbocycles. The number of hydrazine groups is 1. The molecule has 0 aliphatic heterocycles. The summed E-state index contributed by atoms with van der Waals surface area (Å²) in [7, 11) is 3.76. The van der Waals surface area contributed by atoms with Crippen LogP contribution in [0.25, 0.3) is 0 Å². The maximum absolute atomic E-state index is 6.01. The molecular formula is C12H21N5O. The summed E-state index contributed by atoms with van der Waals surface area (Å²) in [5.74, 6) is 1.07. The third kappa shape index (κ3) is 3.22. The minimum absolute atomic E-state index is 0.239. The predicted octanol–water partition coefficient (Wildman–Crippen LogP) is 1.66. The molecule has 1 aromatic heterocycles. The fourth-order valence-corrected chi connectivity index (χ4v) is 2.12. The molecule has 0 spiro atoms. The summed E-state index contributed by atoms with van der Waals surface area (Å²) in [5, 5.41) is 1.78. The van der Waals surface area contributed by atoms with E-state index in [4.69, 9.17) is 10.5 Å². The van der Waals surface area contributed by atoms with E-state index in [9.17, 15) is 0 Å². The monoisotopic (exact) mass is 251 g/mol. The lowest BCUT2D eigenvalue weighted by atomic mass is 9.98. The molecule has 1 fully saturated rings. The third-order valence-corrected chi connectivity index (χ3v) is 3.01. The Morgan fingerprint density at radius 3 is 2.67 bits per heavy atom. The van der Waals surface area contributed by atoms with Crippen LogP contribution in [0, 0.1) is 0 Å². The molecule has 0 amide bonds. The van der Waals surface area contributed by atoms with Crippen molar-refractivity contribution in [2.75, 3.05) is 25.3 Å². The minimum Gasteiger partial charge on any atom is -0.473 e. The second-order valence-electron chi connectivity index (χ2n) is 4.83. The van der Waals surface area contributed by atoms with E-state index in [2.05, 4.69) is 15.4 Å². The van der Waals surface area contributed by atoms with E-state index in [0.29, 0.717) is 17.4 Å². The van der Waals surface area contributed by atoms with Crippen molar-refractivity contribution >= 4 is 11.5 Å². The molecule has 0 aromatic carbocycles. The number of rotatable bonds is 4. The highest BCUT2D eigenvalue weighted by atomic mass is 16.5. The lowest BCUT2D eigenvalue weighted by Gasteiger charge is -2.23. The smallest absolute Gasteiger partial charge is 0.242 e. The lowest BCUT2D eigenvalue weighted by molar-refractivity contribution is 0.149. The van der Waals surface area contributed by atoms with Crippen LogP contribution in [0.1, 0.15) is 32.1 Å². The Bertz CT molecular complexity index is 390. The van der Waals surface area contributed by atoms with Crippen molar-refractivity contribution in [3.05, 3.63) is 6.33 Å². The molecule has 0 bridgehead atoms. The quantitative estimate of drug-likeness (QED) is 0.793. The molecule has 1 aliphatic rings. The summed E-state index contributed by atoms with van der Waals surface area (Å²) in [6.07, 6.45) is 7.62. The van der Waals surface area contributed by atoms with Crippen molar-refractivity contribution in [3.8, 4) is 5.88 Å². The summed E-state index contributed by atoms with van der Waals surface area (Å²) in [4.78, 5) is 8.23. The Balaban J connectivity index is 2.07. The van der Waals surface area contributed by atoms with Crippen LogP contribution in [0.2, 0.25) is 0 Å². The number of anilines is 2. The number of aromatic nitrogens is 2. The van der Waals surface area contributed by atoms with Crippen LogP contribution in [0.4, 0.5) is 11.5 Å². The van der Waals surface area contributed by atoms with Crippen LogP contribution in [-0.2, 0) is 0 Å². The Morgan fingerprint density at radius 1 is 1.28 bits per heavy atom. The highest BCUT2D eigenvalue weighted by molar-refractivity contribution is 5.65. The van der Waals surface area contributed by atoms with Gasteiger partial charge in [-0.2, -0.15) is 4.98 Å². The fraction of sp³-hybridized carbons (Fsp3) is 0.667. The average Bonchev–Trinajstić information content (AvgIpc) is 2.35. The highest BCUT2D eigenvalue weighted by Crippen LogP contribution is 2.28. The summed E-state index contributed by atoms with van der Waals surface area (Å²) in [6, 6.07) is 0. The van der Waals surface area contributed by atoms with Crippen molar-refractivity contribution in [2.45, 2.75) is 38.2 Å². The molecule has 6 heteroatoms. The average molecular weight is 251 g/mol. The van der Waals surface area contributed by atoms with Gasteiger partial charge in [0.15, 0.2) is 5.82 Å². The van der Waals surface area contributed by atoms with Gasteiger partial charge in [-0.1, -0.05) is 6.42 Å². The van der Waals surface area contributed by atoms with Crippen molar-refractivity contribution in [2.24, 2.45) is 0 Å². The molecule has 100 valence electrons. The first-order valence-corrected chi connectivity index (χ1v) is 6.38. The molecule has 0 atom stereocenters. The van der Waals surface area contributed by atoms with Gasteiger partial charge in [0, 0.05) is 14.1 Å². The molecule has 18 heavy (non-hydrogen) atoms. The number of ether oxygens (including phenoxy) is 1. The highest BCUT2D eigenvalue weighted by Gasteiger charge is 2.18. The van der Waals surface area contributed by atoms with E-state index in [1.807, 2.05) is 14.1 Å². The van der Waals surface area contributed by atoms with Gasteiger partial charge >= 0.3 is 0 Å². The zero-order chi connectivity index (χ0) is 13.0. The van der Waals surface area contributed by atoms with Crippen LogP contribution in [0.3, 0.4) is 0 Å². The van der Waals surface area contributed by atoms with Gasteiger partial charge in [-0.05, 0) is 25.7 Å². The standard InChI is InChI=1S/C12H21N5O/c1-17(2)16-11-10(13)12(15-8-14-11)18-9-6-4-3-5-7-9/h8-9H,3-7,13H2,1-2H3,(H,14,15,16). The van der Waals surface area contributed by atoms with Crippen LogP contribution >= 0.6 is 0 Å². The van der Waals surface area contributed by atoms with E-state index in [0.717, 1.165) is 12.8 Å². The maximum atomic E-state index is 6.01. The van der Waals surface area contributed by atoms with E-state index >= 15 is 0 Å². The number of nitrogen functional groups attached to an aromatic ring is 1. The lowest BCUT2D eigenvalue weighted by Crippen LogP contribution is -2.23. The largest absolute Gasteiger partial charge is 0.473 e. The molecule has 6 nitrogen and oxygen atoms in total. The molecule has 1 heterocycles. The van der Waals surface area contributed by atoms with Gasteiger partial charge < -0.3 is 15.9 Å². The van der Waals surface area contributed by atoms with Gasteiger partial charge in [0.1, 0.15) is 18.1 Å². The summed E-state index contributed by atoms with van der Waals surface area (Å²) < 4.78 is 5.87. The molecule has 0 saturated heterocycles. The second-order valence-corrected chi connectivity index (χ2v) is 4.83. The van der Waals surface area contributed by atoms with Crippen molar-refractivity contribution in [3.63, 3.8) is 0 Å². The summed E-state index contributed by atoms with van der Waals surface area (Å²) in [6.45, 7) is 0. The number of nitrogens with two attached hydrogens (primary N) is 1. The van der Waals surface area contributed by atoms with E-state index in [-0.39, 0.29) is 6.10 Å². The molecule has 2 rings (SSSR count). The summed E-state index contributed by atoms with van der Waals surface area (Å²) in [5.41, 5.74) is 9.51. The number of hydrogen-bond donors (Lipinski definition) is 2. The first kappa shape index (κ1) is 12.9. The molecule has 1 aromatic rings. The zero-order valence-electron chi connectivity index (χ0n) is 11.0. The molecule has 1 saturated carbocycles. The van der Waals surface area contributed by atoms with Crippen molar-refractivity contribution in [1.29, 1.82) is 0 Å². The third-order valence-electron chi connectivity index (χ3n) is 3.01. The predicted molar refractivity (Wildman–Crippen MR) is 71.3 cm³/mol. The van der Waals surface area contributed by atoms with E-state index < -0.39 is 0 Å². The van der Waals surface area contributed by atoms with Crippen molar-refractivity contribution < 1.29 is 4.74 Å². The normalized spacial score (nSPS) is 16.8. The van der Waals surface area contributed by atoms with Crippen LogP contribution < -0.4 is 15.9 Å². The number of nitrogens with one attached hydrogen (secondary N) is 1. The van der Waals surface area contributed by atoms with Gasteiger partial charge in [-0.15, -0.1) is 0 Å². The Labute approximate surface area is 108 Å². The SMILES string of the molecule is CN(C)Nc1ncnc(OC2CCCCC2)c1N. The Hall–Kier alpha value is -1.56. The Morgan fingerprint density at radius 2 is 2.00 bits per heavy atom. The first-order chi connectivity index (χ1) is 8.66. The van der Waals surface area contributed by atoms with Gasteiger partial charge in [-0.3, -0.25) is 0 Å². The Kier molecular flexibility index (Phi) is 4.19. The number of hydrogen-bond acceptors (Lipinski definition) is 6.